The Hall–Kier alpha value is -2.10. The highest BCUT2D eigenvalue weighted by molar-refractivity contribution is 7.92. The van der Waals surface area contributed by atoms with Gasteiger partial charge in [-0.05, 0) is 18.2 Å². The molecule has 0 fully saturated rings. The lowest BCUT2D eigenvalue weighted by Gasteiger charge is -2.08. The van der Waals surface area contributed by atoms with E-state index in [1.165, 1.54) is 12.3 Å². The van der Waals surface area contributed by atoms with Crippen LogP contribution in [0.4, 0.5) is 18.9 Å². The van der Waals surface area contributed by atoms with Crippen LogP contribution in [-0.4, -0.2) is 23.6 Å². The fourth-order valence-corrected chi connectivity index (χ4v) is 2.18. The quantitative estimate of drug-likeness (QED) is 0.900. The zero-order chi connectivity index (χ0) is 14.1. The third kappa shape index (κ3) is 3.02. The molecule has 0 spiro atoms. The van der Waals surface area contributed by atoms with Crippen LogP contribution in [0.5, 0.6) is 0 Å². The molecule has 2 N–H and O–H groups in total. The number of sulfonamides is 1. The molecule has 0 aliphatic carbocycles. The molecule has 2 aromatic rings. The molecule has 0 amide bonds. The van der Waals surface area contributed by atoms with Crippen LogP contribution in [0.25, 0.3) is 0 Å². The first-order valence-electron chi connectivity index (χ1n) is 4.84. The Morgan fingerprint density at radius 3 is 2.42 bits per heavy atom. The number of aromatic nitrogens is 3. The number of nitrogens with zero attached hydrogens (tertiary/aromatic N) is 2. The molecule has 0 bridgehead atoms. The van der Waals surface area contributed by atoms with Gasteiger partial charge in [-0.3, -0.25) is 9.82 Å². The highest BCUT2D eigenvalue weighted by Gasteiger charge is 2.32. The van der Waals surface area contributed by atoms with Crippen LogP contribution in [0, 0.1) is 0 Å². The highest BCUT2D eigenvalue weighted by Crippen LogP contribution is 2.28. The second-order valence-electron chi connectivity index (χ2n) is 3.46. The molecular formula is C9H7F3N4O2S. The summed E-state index contributed by atoms with van der Waals surface area (Å²) in [7, 11) is -3.91. The van der Waals surface area contributed by atoms with Crippen LogP contribution in [0.15, 0.2) is 35.6 Å². The fourth-order valence-electron chi connectivity index (χ4n) is 1.22. The molecule has 0 atom stereocenters. The normalized spacial score (nSPS) is 12.4. The molecule has 2 rings (SSSR count). The Morgan fingerprint density at radius 2 is 1.95 bits per heavy atom. The number of hydrogen-bond donors (Lipinski definition) is 2. The fraction of sp³-hybridized carbons (Fsp3) is 0.111. The average molecular weight is 292 g/mol. The summed E-state index contributed by atoms with van der Waals surface area (Å²) >= 11 is 0. The first kappa shape index (κ1) is 13.3. The van der Waals surface area contributed by atoms with Crippen LogP contribution >= 0.6 is 0 Å². The second kappa shape index (κ2) is 4.53. The molecule has 0 saturated carbocycles. The molecular weight excluding hydrogens is 285 g/mol. The number of rotatable bonds is 3. The summed E-state index contributed by atoms with van der Waals surface area (Å²) in [5, 5.41) is 5.50. The van der Waals surface area contributed by atoms with Crippen molar-refractivity contribution in [1.82, 2.24) is 15.2 Å². The second-order valence-corrected chi connectivity index (χ2v) is 5.11. The van der Waals surface area contributed by atoms with Gasteiger partial charge in [0.05, 0.1) is 18.1 Å². The lowest BCUT2D eigenvalue weighted by atomic mass is 10.3. The van der Waals surface area contributed by atoms with Crippen LogP contribution in [0.1, 0.15) is 5.69 Å². The van der Waals surface area contributed by atoms with Crippen molar-refractivity contribution in [3.8, 4) is 0 Å². The summed E-state index contributed by atoms with van der Waals surface area (Å²) in [5.41, 5.74) is -1.18. The molecule has 0 aliphatic heterocycles. The minimum Gasteiger partial charge on any atom is -0.277 e. The van der Waals surface area contributed by atoms with Crippen LogP contribution < -0.4 is 4.72 Å². The predicted molar refractivity (Wildman–Crippen MR) is 58.6 cm³/mol. The topological polar surface area (TPSA) is 87.7 Å². The van der Waals surface area contributed by atoms with E-state index >= 15 is 0 Å². The Morgan fingerprint density at radius 1 is 1.21 bits per heavy atom. The maximum absolute atomic E-state index is 12.3. The molecule has 2 aromatic heterocycles. The van der Waals surface area contributed by atoms with Gasteiger partial charge in [0.2, 0.25) is 0 Å². The molecule has 0 saturated heterocycles. The Bertz CT molecular complexity index is 650. The number of hydrogen-bond acceptors (Lipinski definition) is 4. The van der Waals surface area contributed by atoms with E-state index in [0.29, 0.717) is 6.07 Å². The van der Waals surface area contributed by atoms with Crippen LogP contribution in [0.3, 0.4) is 0 Å². The molecule has 0 unspecified atom stereocenters. The maximum atomic E-state index is 12.3. The van der Waals surface area contributed by atoms with Gasteiger partial charge in [-0.25, -0.2) is 4.98 Å². The number of pyridine rings is 1. The lowest BCUT2D eigenvalue weighted by Crippen LogP contribution is -2.14. The molecule has 10 heteroatoms. The van der Waals surface area contributed by atoms with E-state index in [0.717, 1.165) is 12.3 Å². The first-order chi connectivity index (χ1) is 8.79. The number of anilines is 1. The summed E-state index contributed by atoms with van der Waals surface area (Å²) in [5.74, 6) is 0. The van der Waals surface area contributed by atoms with E-state index in [9.17, 15) is 21.6 Å². The largest absolute Gasteiger partial charge is 0.433 e. The zero-order valence-electron chi connectivity index (χ0n) is 9.14. The van der Waals surface area contributed by atoms with E-state index in [1.807, 2.05) is 0 Å². The molecule has 6 nitrogen and oxygen atoms in total. The van der Waals surface area contributed by atoms with Gasteiger partial charge in [-0.15, -0.1) is 0 Å². The summed E-state index contributed by atoms with van der Waals surface area (Å²) in [6.07, 6.45) is -2.54. The minimum atomic E-state index is -4.57. The number of alkyl halides is 3. The summed E-state index contributed by atoms with van der Waals surface area (Å²) < 4.78 is 62.3. The molecule has 2 heterocycles. The third-order valence-corrected chi connectivity index (χ3v) is 3.38. The summed E-state index contributed by atoms with van der Waals surface area (Å²) in [6.45, 7) is 0. The van der Waals surface area contributed by atoms with Crippen molar-refractivity contribution in [1.29, 1.82) is 0 Å². The number of aromatic amines is 1. The standard InChI is InChI=1S/C9H7F3N4O2S/c10-9(11,12)7-2-1-6(5-13-7)16-19(17,18)8-3-4-14-15-8/h1-5,16H,(H,14,15). The monoisotopic (exact) mass is 292 g/mol. The van der Waals surface area contributed by atoms with Gasteiger partial charge in [-0.1, -0.05) is 0 Å². The van der Waals surface area contributed by atoms with E-state index < -0.39 is 21.9 Å². The summed E-state index contributed by atoms with van der Waals surface area (Å²) in [6, 6.07) is 2.87. The van der Waals surface area contributed by atoms with Crippen molar-refractivity contribution in [2.45, 2.75) is 11.2 Å². The minimum absolute atomic E-state index is 0.0809. The number of nitrogens with one attached hydrogen (secondary N) is 2. The zero-order valence-corrected chi connectivity index (χ0v) is 9.96. The SMILES string of the molecule is O=S(=O)(Nc1ccc(C(F)(F)F)nc1)c1ccn[nH]1. The third-order valence-electron chi connectivity index (χ3n) is 2.07. The van der Waals surface area contributed by atoms with E-state index in [2.05, 4.69) is 19.9 Å². The van der Waals surface area contributed by atoms with Crippen LogP contribution in [0.2, 0.25) is 0 Å². The van der Waals surface area contributed by atoms with Gasteiger partial charge >= 0.3 is 6.18 Å². The molecule has 102 valence electrons. The van der Waals surface area contributed by atoms with Gasteiger partial charge in [0, 0.05) is 0 Å². The van der Waals surface area contributed by atoms with E-state index in [1.54, 1.807) is 0 Å². The smallest absolute Gasteiger partial charge is 0.277 e. The van der Waals surface area contributed by atoms with Crippen molar-refractivity contribution in [3.63, 3.8) is 0 Å². The van der Waals surface area contributed by atoms with Crippen molar-refractivity contribution >= 4 is 15.7 Å². The highest BCUT2D eigenvalue weighted by atomic mass is 32.2. The molecule has 0 radical (unpaired) electrons. The lowest BCUT2D eigenvalue weighted by molar-refractivity contribution is -0.141. The number of halogens is 3. The van der Waals surface area contributed by atoms with Gasteiger partial charge in [0.1, 0.15) is 5.69 Å². The maximum Gasteiger partial charge on any atom is 0.433 e. The molecule has 0 aromatic carbocycles. The van der Waals surface area contributed by atoms with Gasteiger partial charge in [-0.2, -0.15) is 26.7 Å². The van der Waals surface area contributed by atoms with Crippen molar-refractivity contribution in [2.75, 3.05) is 4.72 Å². The van der Waals surface area contributed by atoms with Crippen LogP contribution in [-0.2, 0) is 16.2 Å². The predicted octanol–water partition coefficient (Wildman–Crippen LogP) is 1.62. The van der Waals surface area contributed by atoms with Crippen molar-refractivity contribution in [2.24, 2.45) is 0 Å². The van der Waals surface area contributed by atoms with Gasteiger partial charge in [0.25, 0.3) is 10.0 Å². The van der Waals surface area contributed by atoms with Crippen molar-refractivity contribution < 1.29 is 21.6 Å². The Labute approximate surface area is 105 Å². The Kier molecular flexibility index (Phi) is 3.18. The summed E-state index contributed by atoms with van der Waals surface area (Å²) in [4.78, 5) is 3.14. The van der Waals surface area contributed by atoms with E-state index in [-0.39, 0.29) is 10.7 Å². The number of H-pyrrole nitrogens is 1. The molecule has 0 aliphatic rings. The molecule has 19 heavy (non-hydrogen) atoms. The first-order valence-corrected chi connectivity index (χ1v) is 6.33. The average Bonchev–Trinajstić information content (AvgIpc) is 2.82. The van der Waals surface area contributed by atoms with Crippen molar-refractivity contribution in [3.05, 3.63) is 36.3 Å². The van der Waals surface area contributed by atoms with Gasteiger partial charge in [0.15, 0.2) is 5.03 Å². The van der Waals surface area contributed by atoms with Gasteiger partial charge < -0.3 is 0 Å². The van der Waals surface area contributed by atoms with E-state index in [4.69, 9.17) is 0 Å². The Balaban J connectivity index is 2.21.